The molecule has 0 aliphatic rings. The Labute approximate surface area is 308 Å². The Hall–Kier alpha value is -1.44. The van der Waals surface area contributed by atoms with Crippen LogP contribution in [0.25, 0.3) is 0 Å². The summed E-state index contributed by atoms with van der Waals surface area (Å²) < 4.78 is 33.1. The van der Waals surface area contributed by atoms with Gasteiger partial charge in [0.25, 0.3) is 0 Å². The monoisotopic (exact) mass is 728 g/mol. The number of rotatable bonds is 39. The maximum atomic E-state index is 12.4. The molecule has 0 spiro atoms. The second kappa shape index (κ2) is 38.8. The highest BCUT2D eigenvalue weighted by molar-refractivity contribution is 7.47. The van der Waals surface area contributed by atoms with Crippen molar-refractivity contribution in [3.8, 4) is 0 Å². The van der Waals surface area contributed by atoms with Gasteiger partial charge in [-0.05, 0) is 57.4 Å². The van der Waals surface area contributed by atoms with Crippen LogP contribution in [0.1, 0.15) is 187 Å². The average molecular weight is 728 g/mol. The van der Waals surface area contributed by atoms with E-state index in [9.17, 15) is 14.3 Å². The molecule has 0 aromatic carbocycles. The second-order valence-corrected chi connectivity index (χ2v) is 15.0. The van der Waals surface area contributed by atoms with Crippen LogP contribution in [0.3, 0.4) is 0 Å². The Balaban J connectivity index is 4.12. The molecule has 9 heteroatoms. The van der Waals surface area contributed by atoms with Crippen molar-refractivity contribution in [3.63, 3.8) is 0 Å². The summed E-state index contributed by atoms with van der Waals surface area (Å²) in [5, 5.41) is 0. The maximum absolute atomic E-state index is 12.4. The molecule has 0 rings (SSSR count). The molecule has 3 N–H and O–H groups in total. The van der Waals surface area contributed by atoms with Crippen LogP contribution in [0.4, 0.5) is 0 Å². The molecule has 0 saturated carbocycles. The summed E-state index contributed by atoms with van der Waals surface area (Å²) in [7, 11) is -4.27. The molecule has 294 valence electrons. The first-order chi connectivity index (χ1) is 24.4. The van der Waals surface area contributed by atoms with Gasteiger partial charge in [0.2, 0.25) is 0 Å². The average Bonchev–Trinajstić information content (AvgIpc) is 3.11. The van der Waals surface area contributed by atoms with Crippen LogP contribution in [0.5, 0.6) is 0 Å². The van der Waals surface area contributed by atoms with Crippen LogP contribution in [0, 0.1) is 0 Å². The molecule has 0 aliphatic heterocycles. The molecular weight excluding hydrogens is 649 g/mol. The molecule has 0 amide bonds. The minimum Gasteiger partial charge on any atom is -0.492 e. The molecule has 0 saturated heterocycles. The molecule has 2 unspecified atom stereocenters. The lowest BCUT2D eigenvalue weighted by Gasteiger charge is -2.19. The van der Waals surface area contributed by atoms with Gasteiger partial charge in [-0.2, -0.15) is 0 Å². The van der Waals surface area contributed by atoms with E-state index >= 15 is 0 Å². The molecule has 50 heavy (non-hydrogen) atoms. The molecule has 0 bridgehead atoms. The number of phosphoric ester groups is 1. The van der Waals surface area contributed by atoms with Gasteiger partial charge in [-0.1, -0.05) is 154 Å². The largest absolute Gasteiger partial charge is 0.492 e. The number of ether oxygens (including phenoxy) is 2. The third-order valence-corrected chi connectivity index (χ3v) is 9.63. The summed E-state index contributed by atoms with van der Waals surface area (Å²) in [5.41, 5.74) is 5.36. The Bertz CT molecular complexity index is 864. The van der Waals surface area contributed by atoms with Gasteiger partial charge >= 0.3 is 13.8 Å². The van der Waals surface area contributed by atoms with Crippen LogP contribution in [-0.4, -0.2) is 43.3 Å². The van der Waals surface area contributed by atoms with Crippen molar-refractivity contribution in [2.24, 2.45) is 5.73 Å². The number of unbranched alkanes of at least 4 members (excludes halogenated alkanes) is 22. The maximum Gasteiger partial charge on any atom is 0.472 e. The fourth-order valence-corrected chi connectivity index (χ4v) is 6.30. The number of hydrogen-bond donors (Lipinski definition) is 2. The van der Waals surface area contributed by atoms with E-state index in [1.54, 1.807) is 6.26 Å². The standard InChI is InChI=1S/C41H78NO7P/c1-3-5-7-9-11-13-15-17-19-21-23-25-27-29-31-33-36-46-40(39-49-50(44,45)48-37-35-42)38-47-41(43)34-32-30-28-26-24-22-20-18-16-14-12-10-8-6-4-2/h12,14,18,20,33,36,40H,3-11,13,15-17,19,21-32,34-35,37-39,42H2,1-2H3,(H,44,45). The summed E-state index contributed by atoms with van der Waals surface area (Å²) in [4.78, 5) is 22.2. The van der Waals surface area contributed by atoms with Crippen LogP contribution < -0.4 is 5.73 Å². The Morgan fingerprint density at radius 3 is 1.62 bits per heavy atom. The number of phosphoric acid groups is 1. The normalized spacial score (nSPS) is 13.8. The third kappa shape index (κ3) is 37.8. The molecular formula is C41H78NO7P. The number of carbonyl (C=O) groups excluding carboxylic acids is 1. The minimum absolute atomic E-state index is 0.0703. The van der Waals surface area contributed by atoms with Crippen molar-refractivity contribution in [3.05, 3.63) is 36.6 Å². The predicted octanol–water partition coefficient (Wildman–Crippen LogP) is 12.2. The van der Waals surface area contributed by atoms with E-state index in [0.717, 1.165) is 57.8 Å². The van der Waals surface area contributed by atoms with Gasteiger partial charge < -0.3 is 20.1 Å². The zero-order valence-electron chi connectivity index (χ0n) is 32.4. The summed E-state index contributed by atoms with van der Waals surface area (Å²) in [6, 6.07) is 0. The molecule has 0 fully saturated rings. The fraction of sp³-hybridized carbons (Fsp3) is 0.829. The smallest absolute Gasteiger partial charge is 0.472 e. The number of hydrogen-bond acceptors (Lipinski definition) is 7. The van der Waals surface area contributed by atoms with Crippen LogP contribution >= 0.6 is 7.82 Å². The molecule has 0 aromatic rings. The van der Waals surface area contributed by atoms with Crippen molar-refractivity contribution in [2.45, 2.75) is 193 Å². The zero-order valence-corrected chi connectivity index (χ0v) is 33.3. The number of carbonyl (C=O) groups is 1. The lowest BCUT2D eigenvalue weighted by Crippen LogP contribution is -2.25. The van der Waals surface area contributed by atoms with Crippen molar-refractivity contribution >= 4 is 13.8 Å². The van der Waals surface area contributed by atoms with Gasteiger partial charge in [0.05, 0.1) is 19.5 Å². The summed E-state index contributed by atoms with van der Waals surface area (Å²) >= 11 is 0. The van der Waals surface area contributed by atoms with Gasteiger partial charge in [0.15, 0.2) is 6.10 Å². The highest BCUT2D eigenvalue weighted by Crippen LogP contribution is 2.43. The highest BCUT2D eigenvalue weighted by atomic mass is 31.2. The first kappa shape index (κ1) is 48.6. The van der Waals surface area contributed by atoms with Gasteiger partial charge in [-0.3, -0.25) is 13.8 Å². The SMILES string of the molecule is CCCCCC=CCC=CCCCCCCCC(=O)OCC(COP(=O)(O)OCCN)OC=CCCCCCCCCCCCCCCCC. The molecule has 0 aliphatic carbocycles. The first-order valence-electron chi connectivity index (χ1n) is 20.5. The van der Waals surface area contributed by atoms with Crippen LogP contribution in [-0.2, 0) is 27.9 Å². The second-order valence-electron chi connectivity index (χ2n) is 13.6. The van der Waals surface area contributed by atoms with Crippen molar-refractivity contribution < 1.29 is 32.8 Å². The van der Waals surface area contributed by atoms with E-state index in [4.69, 9.17) is 24.3 Å². The van der Waals surface area contributed by atoms with Crippen molar-refractivity contribution in [2.75, 3.05) is 26.4 Å². The quantitative estimate of drug-likeness (QED) is 0.0211. The van der Waals surface area contributed by atoms with E-state index in [1.165, 1.54) is 109 Å². The van der Waals surface area contributed by atoms with E-state index in [1.807, 2.05) is 6.08 Å². The Morgan fingerprint density at radius 2 is 1.08 bits per heavy atom. The van der Waals surface area contributed by atoms with E-state index in [2.05, 4.69) is 38.2 Å². The molecule has 0 heterocycles. The van der Waals surface area contributed by atoms with Crippen molar-refractivity contribution in [1.82, 2.24) is 0 Å². The molecule has 0 radical (unpaired) electrons. The topological polar surface area (TPSA) is 117 Å². The van der Waals surface area contributed by atoms with E-state index in [-0.39, 0.29) is 32.3 Å². The van der Waals surface area contributed by atoms with Crippen LogP contribution in [0.2, 0.25) is 0 Å². The summed E-state index contributed by atoms with van der Waals surface area (Å²) in [5.74, 6) is -0.303. The lowest BCUT2D eigenvalue weighted by atomic mass is 10.0. The number of nitrogens with two attached hydrogens (primary N) is 1. The van der Waals surface area contributed by atoms with E-state index < -0.39 is 13.9 Å². The van der Waals surface area contributed by atoms with Gasteiger partial charge in [0.1, 0.15) is 6.61 Å². The first-order valence-corrected chi connectivity index (χ1v) is 22.0. The summed E-state index contributed by atoms with van der Waals surface area (Å²) in [6.07, 6.45) is 44.0. The zero-order chi connectivity index (χ0) is 36.6. The summed E-state index contributed by atoms with van der Waals surface area (Å²) in [6.45, 7) is 4.18. The lowest BCUT2D eigenvalue weighted by molar-refractivity contribution is -0.147. The fourth-order valence-electron chi connectivity index (χ4n) is 5.54. The van der Waals surface area contributed by atoms with Gasteiger partial charge in [-0.25, -0.2) is 4.57 Å². The molecule has 0 aromatic heterocycles. The van der Waals surface area contributed by atoms with E-state index in [0.29, 0.717) is 6.42 Å². The predicted molar refractivity (Wildman–Crippen MR) is 210 cm³/mol. The Morgan fingerprint density at radius 1 is 0.620 bits per heavy atom. The minimum atomic E-state index is -4.27. The van der Waals surface area contributed by atoms with Gasteiger partial charge in [-0.15, -0.1) is 0 Å². The van der Waals surface area contributed by atoms with Crippen molar-refractivity contribution in [1.29, 1.82) is 0 Å². The number of allylic oxidation sites excluding steroid dienone is 5. The molecule has 2 atom stereocenters. The Kier molecular flexibility index (Phi) is 37.7. The van der Waals surface area contributed by atoms with Gasteiger partial charge in [0, 0.05) is 13.0 Å². The third-order valence-electron chi connectivity index (χ3n) is 8.65. The number of esters is 1. The van der Waals surface area contributed by atoms with Crippen LogP contribution in [0.15, 0.2) is 36.6 Å². The molecule has 8 nitrogen and oxygen atoms in total. The highest BCUT2D eigenvalue weighted by Gasteiger charge is 2.24.